The van der Waals surface area contributed by atoms with Crippen molar-refractivity contribution in [1.29, 1.82) is 0 Å². The summed E-state index contributed by atoms with van der Waals surface area (Å²) in [5.41, 5.74) is 6.75. The fraction of sp³-hybridized carbons (Fsp3) is 0.100. The summed E-state index contributed by atoms with van der Waals surface area (Å²) in [6.07, 6.45) is 0.981. The van der Waals surface area contributed by atoms with E-state index in [1.807, 2.05) is 12.1 Å². The van der Waals surface area contributed by atoms with Crippen LogP contribution in [0.2, 0.25) is 0 Å². The Kier molecular flexibility index (Phi) is 3.74. The van der Waals surface area contributed by atoms with Crippen LogP contribution in [0.25, 0.3) is 22.3 Å². The molecule has 0 radical (unpaired) electrons. The third kappa shape index (κ3) is 2.82. The summed E-state index contributed by atoms with van der Waals surface area (Å²) in [5.74, 6) is 0.356. The summed E-state index contributed by atoms with van der Waals surface area (Å²) in [4.78, 5) is 0. The second-order valence-corrected chi connectivity index (χ2v) is 5.15. The SMILES string of the molecule is CCc1cccc(O)c1.c1ccc(-c2cc3ccc2-3)cc1. The van der Waals surface area contributed by atoms with Gasteiger partial charge in [-0.15, -0.1) is 0 Å². The molecule has 2 aliphatic carbocycles. The molecular weight excluding hydrogens is 256 g/mol. The minimum atomic E-state index is 0.356. The molecule has 1 heteroatoms. The van der Waals surface area contributed by atoms with Crippen LogP contribution in [0, 0.1) is 0 Å². The van der Waals surface area contributed by atoms with Gasteiger partial charge in [0.25, 0.3) is 0 Å². The van der Waals surface area contributed by atoms with Crippen LogP contribution in [0.5, 0.6) is 5.75 Å². The molecule has 2 aromatic carbocycles. The Morgan fingerprint density at radius 1 is 0.714 bits per heavy atom. The van der Waals surface area contributed by atoms with E-state index in [1.54, 1.807) is 12.1 Å². The molecule has 0 heterocycles. The van der Waals surface area contributed by atoms with Crippen molar-refractivity contribution >= 4 is 0 Å². The Morgan fingerprint density at radius 2 is 1.52 bits per heavy atom. The summed E-state index contributed by atoms with van der Waals surface area (Å²) < 4.78 is 0. The smallest absolute Gasteiger partial charge is 0.115 e. The zero-order valence-corrected chi connectivity index (χ0v) is 12.1. The summed E-state index contributed by atoms with van der Waals surface area (Å²) >= 11 is 0. The highest BCUT2D eigenvalue weighted by Crippen LogP contribution is 2.42. The molecule has 0 saturated carbocycles. The van der Waals surface area contributed by atoms with Gasteiger partial charge in [0.2, 0.25) is 0 Å². The quantitative estimate of drug-likeness (QED) is 0.526. The van der Waals surface area contributed by atoms with Crippen LogP contribution in [0.15, 0.2) is 72.8 Å². The van der Waals surface area contributed by atoms with Crippen LogP contribution in [-0.4, -0.2) is 5.11 Å². The molecule has 0 fully saturated rings. The maximum Gasteiger partial charge on any atom is 0.115 e. The molecule has 1 N–H and O–H groups in total. The number of fused-ring (bicyclic) bond motifs is 1. The van der Waals surface area contributed by atoms with Gasteiger partial charge in [0.05, 0.1) is 0 Å². The van der Waals surface area contributed by atoms with Gasteiger partial charge < -0.3 is 5.11 Å². The molecule has 0 saturated heterocycles. The van der Waals surface area contributed by atoms with Gasteiger partial charge in [0.15, 0.2) is 0 Å². The fourth-order valence-corrected chi connectivity index (χ4v) is 2.42. The molecule has 4 rings (SSSR count). The van der Waals surface area contributed by atoms with E-state index in [1.165, 1.54) is 27.8 Å². The third-order valence-corrected chi connectivity index (χ3v) is 3.73. The number of aromatic hydroxyl groups is 1. The molecule has 0 spiro atoms. The van der Waals surface area contributed by atoms with Crippen molar-refractivity contribution in [1.82, 2.24) is 0 Å². The van der Waals surface area contributed by atoms with Crippen LogP contribution in [-0.2, 0) is 6.42 Å². The van der Waals surface area contributed by atoms with Crippen LogP contribution in [0.3, 0.4) is 0 Å². The first-order valence-corrected chi connectivity index (χ1v) is 7.25. The summed E-state index contributed by atoms with van der Waals surface area (Å²) in [5, 5.41) is 8.94. The predicted octanol–water partition coefficient (Wildman–Crippen LogP) is 5.29. The number of aryl methyl sites for hydroxylation is 1. The molecule has 104 valence electrons. The Morgan fingerprint density at radius 3 is 2.00 bits per heavy atom. The number of phenols is 1. The van der Waals surface area contributed by atoms with Crippen LogP contribution in [0.1, 0.15) is 12.5 Å². The van der Waals surface area contributed by atoms with Crippen molar-refractivity contribution in [3.8, 4) is 28.0 Å². The van der Waals surface area contributed by atoms with Gasteiger partial charge in [-0.05, 0) is 52.4 Å². The zero-order chi connectivity index (χ0) is 14.7. The van der Waals surface area contributed by atoms with Crippen molar-refractivity contribution < 1.29 is 5.11 Å². The van der Waals surface area contributed by atoms with Crippen LogP contribution >= 0.6 is 0 Å². The molecule has 0 aliphatic heterocycles. The molecule has 2 aromatic rings. The van der Waals surface area contributed by atoms with Crippen LogP contribution < -0.4 is 0 Å². The largest absolute Gasteiger partial charge is 0.508 e. The lowest BCUT2D eigenvalue weighted by Crippen LogP contribution is -1.94. The number of rotatable bonds is 2. The predicted molar refractivity (Wildman–Crippen MR) is 88.4 cm³/mol. The van der Waals surface area contributed by atoms with Crippen molar-refractivity contribution in [2.24, 2.45) is 0 Å². The first-order chi connectivity index (χ1) is 10.3. The van der Waals surface area contributed by atoms with E-state index in [0.29, 0.717) is 5.75 Å². The highest BCUT2D eigenvalue weighted by Gasteiger charge is 2.16. The third-order valence-electron chi connectivity index (χ3n) is 3.73. The second-order valence-electron chi connectivity index (χ2n) is 5.15. The van der Waals surface area contributed by atoms with Gasteiger partial charge in [-0.3, -0.25) is 0 Å². The van der Waals surface area contributed by atoms with E-state index in [-0.39, 0.29) is 0 Å². The van der Waals surface area contributed by atoms with Gasteiger partial charge in [-0.2, -0.15) is 0 Å². The maximum atomic E-state index is 8.94. The molecule has 0 amide bonds. The average Bonchev–Trinajstić information content (AvgIpc) is 2.51. The van der Waals surface area contributed by atoms with Crippen molar-refractivity contribution in [2.75, 3.05) is 0 Å². The Balaban J connectivity index is 0.000000133. The number of benzene rings is 3. The van der Waals surface area contributed by atoms with Crippen LogP contribution in [0.4, 0.5) is 0 Å². The maximum absolute atomic E-state index is 8.94. The highest BCUT2D eigenvalue weighted by molar-refractivity contribution is 5.95. The normalized spacial score (nSPS) is 10.5. The van der Waals surface area contributed by atoms with Gasteiger partial charge in [0.1, 0.15) is 5.75 Å². The Labute approximate surface area is 125 Å². The minimum absolute atomic E-state index is 0.356. The lowest BCUT2D eigenvalue weighted by Gasteiger charge is -2.20. The average molecular weight is 274 g/mol. The van der Waals surface area contributed by atoms with E-state index in [4.69, 9.17) is 5.11 Å². The van der Waals surface area contributed by atoms with E-state index in [0.717, 1.165) is 6.42 Å². The van der Waals surface area contributed by atoms with Gasteiger partial charge in [0, 0.05) is 0 Å². The zero-order valence-electron chi connectivity index (χ0n) is 12.1. The lowest BCUT2D eigenvalue weighted by molar-refractivity contribution is 0.474. The summed E-state index contributed by atoms with van der Waals surface area (Å²) in [7, 11) is 0. The van der Waals surface area contributed by atoms with E-state index >= 15 is 0 Å². The van der Waals surface area contributed by atoms with Crippen molar-refractivity contribution in [2.45, 2.75) is 13.3 Å². The molecule has 1 nitrogen and oxygen atoms in total. The Bertz CT molecular complexity index is 739. The van der Waals surface area contributed by atoms with Gasteiger partial charge in [-0.1, -0.05) is 61.5 Å². The molecule has 0 unspecified atom stereocenters. The first kappa shape index (κ1) is 13.4. The molecule has 0 atom stereocenters. The van der Waals surface area contributed by atoms with Crippen molar-refractivity contribution in [3.05, 3.63) is 78.4 Å². The number of hydrogen-bond acceptors (Lipinski definition) is 1. The van der Waals surface area contributed by atoms with Gasteiger partial charge in [-0.25, -0.2) is 0 Å². The topological polar surface area (TPSA) is 20.2 Å². The lowest BCUT2D eigenvalue weighted by atomic mass is 9.83. The van der Waals surface area contributed by atoms with E-state index < -0.39 is 0 Å². The van der Waals surface area contributed by atoms with Gasteiger partial charge >= 0.3 is 0 Å². The standard InChI is InChI=1S/C12H8.C8H10O/c1-2-4-9(5-3-1)12-8-10-6-7-11(10)12;1-2-7-4-3-5-8(9)6-7/h1-8H;3-6,9H,2H2,1H3. The number of hydrogen-bond donors (Lipinski definition) is 1. The second kappa shape index (κ2) is 5.84. The first-order valence-electron chi connectivity index (χ1n) is 7.25. The number of phenolic OH excluding ortho intramolecular Hbond substituents is 1. The minimum Gasteiger partial charge on any atom is -0.508 e. The monoisotopic (exact) mass is 274 g/mol. The highest BCUT2D eigenvalue weighted by atomic mass is 16.3. The van der Waals surface area contributed by atoms with Crippen molar-refractivity contribution in [3.63, 3.8) is 0 Å². The summed E-state index contributed by atoms with van der Waals surface area (Å²) in [6, 6.07) is 24.4. The Hall–Kier alpha value is -2.54. The molecule has 2 aliphatic rings. The van der Waals surface area contributed by atoms with E-state index in [9.17, 15) is 0 Å². The molecule has 21 heavy (non-hydrogen) atoms. The molecule has 0 bridgehead atoms. The molecule has 0 aromatic heterocycles. The summed E-state index contributed by atoms with van der Waals surface area (Å²) in [6.45, 7) is 2.06. The fourth-order valence-electron chi connectivity index (χ4n) is 2.42. The molecular formula is C20H18O. The van der Waals surface area contributed by atoms with E-state index in [2.05, 4.69) is 55.5 Å².